The summed E-state index contributed by atoms with van der Waals surface area (Å²) in [7, 11) is 1.66. The van der Waals surface area contributed by atoms with Crippen molar-refractivity contribution < 1.29 is 14.6 Å². The summed E-state index contributed by atoms with van der Waals surface area (Å²) in [4.78, 5) is 16.3. The Bertz CT molecular complexity index is 695. The Kier molecular flexibility index (Phi) is 5.21. The van der Waals surface area contributed by atoms with Crippen molar-refractivity contribution in [3.63, 3.8) is 0 Å². The molecule has 4 nitrogen and oxygen atoms in total. The molecule has 24 heavy (non-hydrogen) atoms. The van der Waals surface area contributed by atoms with Crippen molar-refractivity contribution in [2.45, 2.75) is 25.8 Å². The Labute approximate surface area is 146 Å². The molecule has 1 fully saturated rings. The van der Waals surface area contributed by atoms with E-state index in [1.807, 2.05) is 12.1 Å². The zero-order chi connectivity index (χ0) is 17.1. The summed E-state index contributed by atoms with van der Waals surface area (Å²) in [5.74, 6) is -0.127. The molecular formula is C19H23NO3S. The zero-order valence-electron chi connectivity index (χ0n) is 14.1. The lowest BCUT2D eigenvalue weighted by Crippen LogP contribution is -2.41. The summed E-state index contributed by atoms with van der Waals surface area (Å²) < 4.78 is 5.26. The first kappa shape index (κ1) is 17.0. The van der Waals surface area contributed by atoms with E-state index in [1.54, 1.807) is 18.4 Å². The number of likely N-dealkylation sites (tertiary alicyclic amines) is 1. The fraction of sp³-hybridized carbons (Fsp3) is 0.421. The van der Waals surface area contributed by atoms with Gasteiger partial charge in [-0.1, -0.05) is 12.1 Å². The van der Waals surface area contributed by atoms with E-state index in [-0.39, 0.29) is 12.0 Å². The molecule has 0 bridgehead atoms. The van der Waals surface area contributed by atoms with E-state index < -0.39 is 5.97 Å². The minimum Gasteiger partial charge on any atom is -0.497 e. The number of nitrogens with zero attached hydrogens (tertiary/aromatic N) is 1. The molecule has 2 atom stereocenters. The summed E-state index contributed by atoms with van der Waals surface area (Å²) >= 11 is 1.78. The van der Waals surface area contributed by atoms with Gasteiger partial charge < -0.3 is 9.84 Å². The van der Waals surface area contributed by atoms with Crippen molar-refractivity contribution >= 4 is 17.3 Å². The van der Waals surface area contributed by atoms with Gasteiger partial charge in [0.05, 0.1) is 19.1 Å². The van der Waals surface area contributed by atoms with E-state index >= 15 is 0 Å². The van der Waals surface area contributed by atoms with Crippen molar-refractivity contribution in [1.82, 2.24) is 4.90 Å². The number of hydrogen-bond acceptors (Lipinski definition) is 4. The fourth-order valence-corrected chi connectivity index (χ4v) is 4.42. The Morgan fingerprint density at radius 2 is 2.04 bits per heavy atom. The maximum atomic E-state index is 11.4. The lowest BCUT2D eigenvalue weighted by Gasteiger charge is -2.37. The van der Waals surface area contributed by atoms with Gasteiger partial charge in [-0.05, 0) is 56.1 Å². The van der Waals surface area contributed by atoms with E-state index in [1.165, 1.54) is 15.3 Å². The zero-order valence-corrected chi connectivity index (χ0v) is 14.9. The fourth-order valence-electron chi connectivity index (χ4n) is 3.38. The minimum absolute atomic E-state index is 0.108. The number of hydrogen-bond donors (Lipinski definition) is 1. The number of methoxy groups -OCH3 is 1. The molecule has 1 aromatic heterocycles. The van der Waals surface area contributed by atoms with Crippen molar-refractivity contribution in [2.75, 3.05) is 20.2 Å². The number of carbonyl (C=O) groups is 1. The van der Waals surface area contributed by atoms with E-state index in [4.69, 9.17) is 4.74 Å². The molecule has 0 amide bonds. The predicted octanol–water partition coefficient (Wildman–Crippen LogP) is 3.95. The van der Waals surface area contributed by atoms with Crippen LogP contribution < -0.4 is 4.74 Å². The van der Waals surface area contributed by atoms with E-state index in [0.717, 1.165) is 25.1 Å². The van der Waals surface area contributed by atoms with E-state index in [2.05, 4.69) is 36.1 Å². The maximum Gasteiger partial charge on any atom is 0.307 e. The summed E-state index contributed by atoms with van der Waals surface area (Å²) in [6.45, 7) is 3.63. The van der Waals surface area contributed by atoms with Gasteiger partial charge in [-0.3, -0.25) is 9.69 Å². The van der Waals surface area contributed by atoms with Crippen LogP contribution in [0, 0.1) is 12.8 Å². The van der Waals surface area contributed by atoms with Crippen LogP contribution in [0.5, 0.6) is 5.75 Å². The van der Waals surface area contributed by atoms with Gasteiger partial charge in [-0.25, -0.2) is 0 Å². The third-order valence-electron chi connectivity index (χ3n) is 4.63. The first-order valence-corrected chi connectivity index (χ1v) is 9.07. The second-order valence-electron chi connectivity index (χ2n) is 6.30. The van der Waals surface area contributed by atoms with Gasteiger partial charge in [0.15, 0.2) is 0 Å². The first-order valence-electron chi connectivity index (χ1n) is 8.25. The van der Waals surface area contributed by atoms with Crippen LogP contribution in [-0.2, 0) is 4.79 Å². The number of aryl methyl sites for hydroxylation is 1. The number of ether oxygens (including phenoxy) is 1. The Hall–Kier alpha value is -1.85. The van der Waals surface area contributed by atoms with Crippen LogP contribution in [0.1, 0.15) is 34.2 Å². The number of thiophene rings is 1. The average Bonchev–Trinajstić information content (AvgIpc) is 3.02. The van der Waals surface area contributed by atoms with Crippen molar-refractivity contribution in [3.05, 3.63) is 51.7 Å². The Balaban J connectivity index is 1.93. The standard InChI is InChI=1S/C19H23NO3S/c1-13-5-10-17(24-13)18(14-6-8-16(23-2)9-7-14)20-11-3-4-15(12-20)19(21)22/h5-10,15,18H,3-4,11-12H2,1-2H3,(H,21,22). The lowest BCUT2D eigenvalue weighted by atomic mass is 9.94. The van der Waals surface area contributed by atoms with Crippen LogP contribution in [0.15, 0.2) is 36.4 Å². The van der Waals surface area contributed by atoms with Crippen molar-refractivity contribution in [1.29, 1.82) is 0 Å². The monoisotopic (exact) mass is 345 g/mol. The van der Waals surface area contributed by atoms with Crippen LogP contribution in [0.2, 0.25) is 0 Å². The molecule has 1 saturated heterocycles. The predicted molar refractivity (Wildman–Crippen MR) is 95.8 cm³/mol. The van der Waals surface area contributed by atoms with Gasteiger partial charge >= 0.3 is 5.97 Å². The molecule has 128 valence electrons. The molecule has 1 N–H and O–H groups in total. The maximum absolute atomic E-state index is 11.4. The highest BCUT2D eigenvalue weighted by molar-refractivity contribution is 7.12. The van der Waals surface area contributed by atoms with Gasteiger partial charge in [-0.15, -0.1) is 11.3 Å². The molecule has 2 unspecified atom stereocenters. The van der Waals surface area contributed by atoms with Crippen LogP contribution in [0.4, 0.5) is 0 Å². The molecule has 2 aromatic rings. The number of rotatable bonds is 5. The number of piperidine rings is 1. The minimum atomic E-state index is -0.685. The number of carboxylic acid groups (broad SMARTS) is 1. The largest absolute Gasteiger partial charge is 0.497 e. The molecule has 3 rings (SSSR count). The Morgan fingerprint density at radius 1 is 1.29 bits per heavy atom. The molecule has 0 saturated carbocycles. The average molecular weight is 345 g/mol. The van der Waals surface area contributed by atoms with Gasteiger partial charge in [0.1, 0.15) is 5.75 Å². The number of benzene rings is 1. The molecule has 1 aromatic carbocycles. The smallest absolute Gasteiger partial charge is 0.307 e. The summed E-state index contributed by atoms with van der Waals surface area (Å²) in [5, 5.41) is 9.41. The van der Waals surface area contributed by atoms with Gasteiger partial charge in [0.2, 0.25) is 0 Å². The van der Waals surface area contributed by atoms with Gasteiger partial charge in [0.25, 0.3) is 0 Å². The third kappa shape index (κ3) is 3.62. The highest BCUT2D eigenvalue weighted by Gasteiger charge is 2.31. The quantitative estimate of drug-likeness (QED) is 0.891. The molecule has 2 heterocycles. The topological polar surface area (TPSA) is 49.8 Å². The van der Waals surface area contributed by atoms with Gasteiger partial charge in [-0.2, -0.15) is 0 Å². The van der Waals surface area contributed by atoms with E-state index in [9.17, 15) is 9.90 Å². The molecule has 0 aliphatic carbocycles. The molecule has 1 aliphatic heterocycles. The molecule has 0 spiro atoms. The number of aliphatic carboxylic acids is 1. The lowest BCUT2D eigenvalue weighted by molar-refractivity contribution is -0.143. The normalized spacial score (nSPS) is 19.8. The van der Waals surface area contributed by atoms with Crippen LogP contribution in [0.25, 0.3) is 0 Å². The molecular weight excluding hydrogens is 322 g/mol. The summed E-state index contributed by atoms with van der Waals surface area (Å²) in [5.41, 5.74) is 1.18. The Morgan fingerprint density at radius 3 is 2.62 bits per heavy atom. The first-order chi connectivity index (χ1) is 11.6. The summed E-state index contributed by atoms with van der Waals surface area (Å²) in [6.07, 6.45) is 1.69. The van der Waals surface area contributed by atoms with Crippen LogP contribution >= 0.6 is 11.3 Å². The van der Waals surface area contributed by atoms with E-state index in [0.29, 0.717) is 6.54 Å². The molecule has 5 heteroatoms. The molecule has 0 radical (unpaired) electrons. The SMILES string of the molecule is COc1ccc(C(c2ccc(C)s2)N2CCCC(C(=O)O)C2)cc1. The highest BCUT2D eigenvalue weighted by atomic mass is 32.1. The van der Waals surface area contributed by atoms with Crippen LogP contribution in [-0.4, -0.2) is 36.2 Å². The van der Waals surface area contributed by atoms with Crippen molar-refractivity contribution in [2.24, 2.45) is 5.92 Å². The second-order valence-corrected chi connectivity index (χ2v) is 7.62. The highest BCUT2D eigenvalue weighted by Crippen LogP contribution is 2.36. The van der Waals surface area contributed by atoms with Gasteiger partial charge in [0, 0.05) is 16.3 Å². The molecule has 1 aliphatic rings. The van der Waals surface area contributed by atoms with Crippen LogP contribution in [0.3, 0.4) is 0 Å². The third-order valence-corrected chi connectivity index (χ3v) is 5.68. The van der Waals surface area contributed by atoms with Crippen molar-refractivity contribution in [3.8, 4) is 5.75 Å². The summed E-state index contributed by atoms with van der Waals surface area (Å²) in [6, 6.07) is 12.5. The number of carboxylic acids is 1. The second kappa shape index (κ2) is 7.36.